The Bertz CT molecular complexity index is 139. The first kappa shape index (κ1) is 10.2. The van der Waals surface area contributed by atoms with Gasteiger partial charge in [0.2, 0.25) is 0 Å². The summed E-state index contributed by atoms with van der Waals surface area (Å²) < 4.78 is 0. The lowest BCUT2D eigenvalue weighted by molar-refractivity contribution is -0.325. The van der Waals surface area contributed by atoms with Gasteiger partial charge in [0.25, 0.3) is 0 Å². The predicted molar refractivity (Wildman–Crippen MR) is 39.1 cm³/mol. The van der Waals surface area contributed by atoms with Crippen molar-refractivity contribution in [3.05, 3.63) is 0 Å². The van der Waals surface area contributed by atoms with E-state index in [1.807, 2.05) is 13.8 Å². The second-order valence-electron chi connectivity index (χ2n) is 3.19. The minimum atomic E-state index is -1.42. The van der Waals surface area contributed by atoms with Crippen LogP contribution in [0.25, 0.3) is 0 Å². The molecule has 0 atom stereocenters. The van der Waals surface area contributed by atoms with Gasteiger partial charge in [-0.15, -0.1) is 0 Å². The summed E-state index contributed by atoms with van der Waals surface area (Å²) in [6.07, 6.45) is -1.42. The van der Waals surface area contributed by atoms with Crippen molar-refractivity contribution in [2.24, 2.45) is 5.92 Å². The molecule has 0 radical (unpaired) electrons. The highest BCUT2D eigenvalue weighted by atomic mass is 17.2. The first-order valence-electron chi connectivity index (χ1n) is 3.45. The van der Waals surface area contributed by atoms with Crippen LogP contribution in [0.4, 0.5) is 4.79 Å². The van der Waals surface area contributed by atoms with E-state index < -0.39 is 11.8 Å². The van der Waals surface area contributed by atoms with Gasteiger partial charge < -0.3 is 5.11 Å². The quantitative estimate of drug-likeness (QED) is 0.509. The summed E-state index contributed by atoms with van der Waals surface area (Å²) >= 11 is 0. The molecule has 0 aliphatic heterocycles. The zero-order valence-electron chi connectivity index (χ0n) is 7.25. The lowest BCUT2D eigenvalue weighted by atomic mass is 9.95. The normalized spacial score (nSPS) is 11.7. The van der Waals surface area contributed by atoms with Crippen LogP contribution in [0.1, 0.15) is 27.7 Å². The average molecular weight is 162 g/mol. The molecule has 0 saturated carbocycles. The van der Waals surface area contributed by atoms with Gasteiger partial charge in [-0.2, -0.15) is 4.89 Å². The molecular weight excluding hydrogens is 148 g/mol. The molecule has 0 amide bonds. The number of hydrogen-bond acceptors (Lipinski definition) is 3. The van der Waals surface area contributed by atoms with E-state index in [4.69, 9.17) is 5.11 Å². The highest BCUT2D eigenvalue weighted by Crippen LogP contribution is 2.20. The molecule has 0 spiro atoms. The van der Waals surface area contributed by atoms with E-state index in [0.29, 0.717) is 0 Å². The third-order valence-corrected chi connectivity index (χ3v) is 1.72. The maximum atomic E-state index is 9.92. The summed E-state index contributed by atoms with van der Waals surface area (Å²) in [7, 11) is 0. The number of carbonyl (C=O) groups is 1. The van der Waals surface area contributed by atoms with Gasteiger partial charge >= 0.3 is 6.16 Å². The van der Waals surface area contributed by atoms with Crippen LogP contribution in [0.2, 0.25) is 0 Å². The molecule has 1 N–H and O–H groups in total. The van der Waals surface area contributed by atoms with E-state index in [1.165, 1.54) is 0 Å². The molecule has 0 rings (SSSR count). The van der Waals surface area contributed by atoms with Crippen LogP contribution in [-0.2, 0) is 9.78 Å². The average Bonchev–Trinajstić information content (AvgIpc) is 1.84. The number of hydrogen-bond donors (Lipinski definition) is 1. The molecule has 0 aromatic carbocycles. The smallest absolute Gasteiger partial charge is 0.448 e. The number of carboxylic acid groups (broad SMARTS) is 1. The third kappa shape index (κ3) is 3.83. The maximum absolute atomic E-state index is 9.92. The summed E-state index contributed by atoms with van der Waals surface area (Å²) in [6, 6.07) is 0. The monoisotopic (exact) mass is 162 g/mol. The lowest BCUT2D eigenvalue weighted by Crippen LogP contribution is -2.31. The van der Waals surface area contributed by atoms with Crippen LogP contribution in [0.15, 0.2) is 0 Å². The van der Waals surface area contributed by atoms with Crippen molar-refractivity contribution in [2.75, 3.05) is 0 Å². The topological polar surface area (TPSA) is 55.8 Å². The summed E-state index contributed by atoms with van der Waals surface area (Å²) in [4.78, 5) is 18.6. The Kier molecular flexibility index (Phi) is 3.32. The third-order valence-electron chi connectivity index (χ3n) is 1.72. The molecule has 0 bridgehead atoms. The van der Waals surface area contributed by atoms with E-state index in [-0.39, 0.29) is 5.92 Å². The van der Waals surface area contributed by atoms with Gasteiger partial charge in [0, 0.05) is 0 Å². The largest absolute Gasteiger partial charge is 0.537 e. The van der Waals surface area contributed by atoms with E-state index in [2.05, 4.69) is 9.78 Å². The van der Waals surface area contributed by atoms with E-state index in [9.17, 15) is 4.79 Å². The first-order chi connectivity index (χ1) is 4.86. The molecule has 11 heavy (non-hydrogen) atoms. The van der Waals surface area contributed by atoms with Gasteiger partial charge in [0.05, 0.1) is 0 Å². The van der Waals surface area contributed by atoms with Crippen molar-refractivity contribution >= 4 is 6.16 Å². The van der Waals surface area contributed by atoms with Crippen molar-refractivity contribution in [2.45, 2.75) is 33.3 Å². The van der Waals surface area contributed by atoms with Crippen LogP contribution in [0.3, 0.4) is 0 Å². The van der Waals surface area contributed by atoms with E-state index in [1.54, 1.807) is 13.8 Å². The lowest BCUT2D eigenvalue weighted by Gasteiger charge is -2.25. The van der Waals surface area contributed by atoms with Crippen LogP contribution >= 0.6 is 0 Å². The SMILES string of the molecule is CC(C)C(C)(C)OOC(=O)O. The maximum Gasteiger partial charge on any atom is 0.537 e. The minimum absolute atomic E-state index is 0.196. The molecule has 0 aromatic heterocycles. The van der Waals surface area contributed by atoms with Crippen molar-refractivity contribution in [1.29, 1.82) is 0 Å². The minimum Gasteiger partial charge on any atom is -0.448 e. The van der Waals surface area contributed by atoms with Gasteiger partial charge in [-0.05, 0) is 19.8 Å². The van der Waals surface area contributed by atoms with Crippen LogP contribution in [0, 0.1) is 5.92 Å². The summed E-state index contributed by atoms with van der Waals surface area (Å²) in [5.74, 6) is 0.196. The molecule has 0 aliphatic rings. The fourth-order valence-corrected chi connectivity index (χ4v) is 0.239. The second-order valence-corrected chi connectivity index (χ2v) is 3.19. The molecule has 0 heterocycles. The Morgan fingerprint density at radius 3 is 2.18 bits per heavy atom. The first-order valence-corrected chi connectivity index (χ1v) is 3.45. The summed E-state index contributed by atoms with van der Waals surface area (Å²) in [6.45, 7) is 7.37. The Morgan fingerprint density at radius 2 is 1.91 bits per heavy atom. The highest BCUT2D eigenvalue weighted by molar-refractivity contribution is 5.55. The Labute approximate surface area is 66.0 Å². The molecule has 0 aromatic rings. The molecule has 0 saturated heterocycles. The van der Waals surface area contributed by atoms with Crippen LogP contribution in [0.5, 0.6) is 0 Å². The van der Waals surface area contributed by atoms with Crippen molar-refractivity contribution in [3.63, 3.8) is 0 Å². The van der Waals surface area contributed by atoms with Gasteiger partial charge in [-0.3, -0.25) is 4.89 Å². The van der Waals surface area contributed by atoms with Gasteiger partial charge in [0.1, 0.15) is 5.60 Å². The molecular formula is C7H14O4. The Balaban J connectivity index is 3.82. The standard InChI is InChI=1S/C7H14O4/c1-5(2)7(3,4)11-10-6(8)9/h5H,1-4H3,(H,8,9). The van der Waals surface area contributed by atoms with Gasteiger partial charge in [-0.25, -0.2) is 4.79 Å². The molecule has 0 unspecified atom stereocenters. The fourth-order valence-electron chi connectivity index (χ4n) is 0.239. The van der Waals surface area contributed by atoms with Crippen molar-refractivity contribution < 1.29 is 19.7 Å². The number of rotatable bonds is 3. The van der Waals surface area contributed by atoms with Crippen molar-refractivity contribution in [1.82, 2.24) is 0 Å². The molecule has 66 valence electrons. The molecule has 0 aliphatic carbocycles. The van der Waals surface area contributed by atoms with Crippen molar-refractivity contribution in [3.8, 4) is 0 Å². The summed E-state index contributed by atoms with van der Waals surface area (Å²) in [5, 5.41) is 8.11. The van der Waals surface area contributed by atoms with Crippen LogP contribution in [-0.4, -0.2) is 16.9 Å². The molecule has 4 nitrogen and oxygen atoms in total. The van der Waals surface area contributed by atoms with Crippen LogP contribution < -0.4 is 0 Å². The summed E-state index contributed by atoms with van der Waals surface area (Å²) in [5.41, 5.74) is -0.571. The van der Waals surface area contributed by atoms with Gasteiger partial charge in [-0.1, -0.05) is 13.8 Å². The fraction of sp³-hybridized carbons (Fsp3) is 0.857. The highest BCUT2D eigenvalue weighted by Gasteiger charge is 2.26. The van der Waals surface area contributed by atoms with Gasteiger partial charge in [0.15, 0.2) is 0 Å². The predicted octanol–water partition coefficient (Wildman–Crippen LogP) is 2.05. The zero-order valence-corrected chi connectivity index (χ0v) is 7.25. The second kappa shape index (κ2) is 3.57. The molecule has 0 fully saturated rings. The Hall–Kier alpha value is -0.770. The zero-order chi connectivity index (χ0) is 9.07. The Morgan fingerprint density at radius 1 is 1.45 bits per heavy atom. The van der Waals surface area contributed by atoms with E-state index >= 15 is 0 Å². The van der Waals surface area contributed by atoms with E-state index in [0.717, 1.165) is 0 Å². The molecule has 4 heteroatoms.